The molecule has 0 aromatic heterocycles. The van der Waals surface area contributed by atoms with Crippen LogP contribution in [0.1, 0.15) is 26.7 Å². The smallest absolute Gasteiger partial charge is 0.313 e. The van der Waals surface area contributed by atoms with Crippen molar-refractivity contribution < 1.29 is 19.1 Å². The van der Waals surface area contributed by atoms with E-state index in [0.29, 0.717) is 19.8 Å². The van der Waals surface area contributed by atoms with Crippen LogP contribution in [0.5, 0.6) is 0 Å². The van der Waals surface area contributed by atoms with Crippen molar-refractivity contribution in [1.29, 1.82) is 0 Å². The Labute approximate surface area is 83.6 Å². The third-order valence-corrected chi connectivity index (χ3v) is 2.64. The molecule has 0 spiro atoms. The molecule has 1 rings (SSSR count). The summed E-state index contributed by atoms with van der Waals surface area (Å²) in [5, 5.41) is 0. The molecule has 0 aromatic rings. The predicted molar refractivity (Wildman–Crippen MR) is 49.8 cm³/mol. The molecule has 1 aliphatic heterocycles. The van der Waals surface area contributed by atoms with Gasteiger partial charge < -0.3 is 9.47 Å². The van der Waals surface area contributed by atoms with Crippen LogP contribution < -0.4 is 0 Å². The zero-order valence-corrected chi connectivity index (χ0v) is 8.67. The molecule has 0 amide bonds. The molecule has 4 heteroatoms. The van der Waals surface area contributed by atoms with Gasteiger partial charge in [0.15, 0.2) is 5.78 Å². The van der Waals surface area contributed by atoms with Gasteiger partial charge in [-0.3, -0.25) is 9.59 Å². The zero-order valence-electron chi connectivity index (χ0n) is 8.67. The van der Waals surface area contributed by atoms with Crippen molar-refractivity contribution >= 4 is 11.8 Å². The molecule has 1 heterocycles. The van der Waals surface area contributed by atoms with Gasteiger partial charge in [-0.15, -0.1) is 0 Å². The fraction of sp³-hybridized carbons (Fsp3) is 0.800. The molecule has 1 fully saturated rings. The Morgan fingerprint density at radius 1 is 1.36 bits per heavy atom. The van der Waals surface area contributed by atoms with Crippen LogP contribution >= 0.6 is 0 Å². The molecule has 0 aromatic carbocycles. The van der Waals surface area contributed by atoms with E-state index >= 15 is 0 Å². The van der Waals surface area contributed by atoms with Crippen LogP contribution in [0, 0.1) is 5.41 Å². The summed E-state index contributed by atoms with van der Waals surface area (Å²) in [6, 6.07) is 0. The highest BCUT2D eigenvalue weighted by molar-refractivity contribution is 5.99. The largest absolute Gasteiger partial charge is 0.466 e. The SMILES string of the molecule is CCOC(=O)CC(=O)C1(CC)COC1. The van der Waals surface area contributed by atoms with Gasteiger partial charge in [0.25, 0.3) is 0 Å². The highest BCUT2D eigenvalue weighted by Crippen LogP contribution is 2.33. The number of Topliss-reactive ketones (excluding diaryl/α,β-unsaturated/α-hetero) is 1. The normalized spacial score (nSPS) is 18.4. The third kappa shape index (κ3) is 2.12. The molecule has 1 saturated heterocycles. The molecular weight excluding hydrogens is 184 g/mol. The average Bonchev–Trinajstić information content (AvgIpc) is 2.03. The van der Waals surface area contributed by atoms with Gasteiger partial charge in [0, 0.05) is 0 Å². The molecular formula is C10H16O4. The monoisotopic (exact) mass is 200 g/mol. The van der Waals surface area contributed by atoms with E-state index in [-0.39, 0.29) is 12.2 Å². The maximum atomic E-state index is 11.7. The molecule has 0 atom stereocenters. The van der Waals surface area contributed by atoms with E-state index in [1.54, 1.807) is 6.92 Å². The van der Waals surface area contributed by atoms with Gasteiger partial charge in [0.05, 0.1) is 25.2 Å². The van der Waals surface area contributed by atoms with Gasteiger partial charge in [0.2, 0.25) is 0 Å². The maximum Gasteiger partial charge on any atom is 0.313 e. The predicted octanol–water partition coefficient (Wildman–Crippen LogP) is 0.935. The van der Waals surface area contributed by atoms with E-state index in [1.165, 1.54) is 0 Å². The molecule has 14 heavy (non-hydrogen) atoms. The number of esters is 1. The number of carbonyl (C=O) groups excluding carboxylic acids is 2. The van der Waals surface area contributed by atoms with E-state index < -0.39 is 11.4 Å². The summed E-state index contributed by atoms with van der Waals surface area (Å²) in [6.45, 7) is 4.88. The van der Waals surface area contributed by atoms with E-state index in [0.717, 1.165) is 6.42 Å². The van der Waals surface area contributed by atoms with Crippen LogP contribution in [0.3, 0.4) is 0 Å². The van der Waals surface area contributed by atoms with Gasteiger partial charge >= 0.3 is 5.97 Å². The zero-order chi connectivity index (χ0) is 10.6. The lowest BCUT2D eigenvalue weighted by atomic mass is 9.78. The Bertz CT molecular complexity index is 225. The summed E-state index contributed by atoms with van der Waals surface area (Å²) >= 11 is 0. The van der Waals surface area contributed by atoms with E-state index in [9.17, 15) is 9.59 Å². The second-order valence-electron chi connectivity index (χ2n) is 3.53. The quantitative estimate of drug-likeness (QED) is 0.489. The van der Waals surface area contributed by atoms with E-state index in [4.69, 9.17) is 9.47 Å². The Balaban J connectivity index is 2.44. The van der Waals surface area contributed by atoms with Crippen molar-refractivity contribution in [2.45, 2.75) is 26.7 Å². The van der Waals surface area contributed by atoms with Crippen molar-refractivity contribution in [3.05, 3.63) is 0 Å². The fourth-order valence-corrected chi connectivity index (χ4v) is 1.44. The van der Waals surface area contributed by atoms with Crippen molar-refractivity contribution in [2.75, 3.05) is 19.8 Å². The van der Waals surface area contributed by atoms with Gasteiger partial charge in [0.1, 0.15) is 6.42 Å². The van der Waals surface area contributed by atoms with Crippen LogP contribution in [-0.2, 0) is 19.1 Å². The fourth-order valence-electron chi connectivity index (χ4n) is 1.44. The first-order valence-corrected chi connectivity index (χ1v) is 4.91. The molecule has 0 radical (unpaired) electrons. The van der Waals surface area contributed by atoms with Crippen molar-refractivity contribution in [3.63, 3.8) is 0 Å². The van der Waals surface area contributed by atoms with Crippen LogP contribution in [0.15, 0.2) is 0 Å². The first-order chi connectivity index (χ1) is 6.64. The first-order valence-electron chi connectivity index (χ1n) is 4.91. The minimum Gasteiger partial charge on any atom is -0.466 e. The van der Waals surface area contributed by atoms with Crippen molar-refractivity contribution in [1.82, 2.24) is 0 Å². The summed E-state index contributed by atoms with van der Waals surface area (Å²) in [4.78, 5) is 22.8. The lowest BCUT2D eigenvalue weighted by Gasteiger charge is -2.38. The maximum absolute atomic E-state index is 11.7. The summed E-state index contributed by atoms with van der Waals surface area (Å²) in [7, 11) is 0. The first kappa shape index (κ1) is 11.2. The minimum absolute atomic E-state index is 0.0512. The van der Waals surface area contributed by atoms with Crippen LogP contribution in [0.4, 0.5) is 0 Å². The molecule has 0 bridgehead atoms. The molecule has 4 nitrogen and oxygen atoms in total. The van der Waals surface area contributed by atoms with Crippen molar-refractivity contribution in [2.24, 2.45) is 5.41 Å². The van der Waals surface area contributed by atoms with Crippen LogP contribution in [-0.4, -0.2) is 31.6 Å². The second-order valence-corrected chi connectivity index (χ2v) is 3.53. The van der Waals surface area contributed by atoms with Crippen molar-refractivity contribution in [3.8, 4) is 0 Å². The number of ketones is 1. The van der Waals surface area contributed by atoms with Gasteiger partial charge in [-0.05, 0) is 13.3 Å². The summed E-state index contributed by atoms with van der Waals surface area (Å²) in [5.74, 6) is -0.484. The second kappa shape index (κ2) is 4.55. The summed E-state index contributed by atoms with van der Waals surface area (Å²) < 4.78 is 9.74. The molecule has 1 aliphatic rings. The lowest BCUT2D eigenvalue weighted by molar-refractivity contribution is -0.164. The standard InChI is InChI=1S/C10H16O4/c1-3-10(6-13-7-10)8(11)5-9(12)14-4-2/h3-7H2,1-2H3. The van der Waals surface area contributed by atoms with Gasteiger partial charge in [-0.1, -0.05) is 6.92 Å². The van der Waals surface area contributed by atoms with Gasteiger partial charge in [-0.25, -0.2) is 0 Å². The number of carbonyl (C=O) groups is 2. The number of ether oxygens (including phenoxy) is 2. The average molecular weight is 200 g/mol. The Hall–Kier alpha value is -0.900. The highest BCUT2D eigenvalue weighted by Gasteiger charge is 2.44. The topological polar surface area (TPSA) is 52.6 Å². The number of rotatable bonds is 5. The minimum atomic E-state index is -0.433. The Kier molecular flexibility index (Phi) is 3.63. The van der Waals surface area contributed by atoms with E-state index in [2.05, 4.69) is 0 Å². The molecule has 0 saturated carbocycles. The Morgan fingerprint density at radius 3 is 2.36 bits per heavy atom. The molecule has 0 aliphatic carbocycles. The number of hydrogen-bond acceptors (Lipinski definition) is 4. The molecule has 0 unspecified atom stereocenters. The summed E-state index contributed by atoms with van der Waals surface area (Å²) in [5.41, 5.74) is -0.410. The Morgan fingerprint density at radius 2 is 2.00 bits per heavy atom. The van der Waals surface area contributed by atoms with E-state index in [1.807, 2.05) is 6.92 Å². The van der Waals surface area contributed by atoms with Crippen LogP contribution in [0.2, 0.25) is 0 Å². The summed E-state index contributed by atoms with van der Waals surface area (Å²) in [6.07, 6.45) is 0.607. The molecule has 0 N–H and O–H groups in total. The lowest BCUT2D eigenvalue weighted by Crippen LogP contribution is -2.49. The molecule has 80 valence electrons. The third-order valence-electron chi connectivity index (χ3n) is 2.64. The van der Waals surface area contributed by atoms with Crippen LogP contribution in [0.25, 0.3) is 0 Å². The number of hydrogen-bond donors (Lipinski definition) is 0. The highest BCUT2D eigenvalue weighted by atomic mass is 16.5. The van der Waals surface area contributed by atoms with Gasteiger partial charge in [-0.2, -0.15) is 0 Å².